The molecule has 0 aliphatic carbocycles. The number of nitrogens with zero attached hydrogens (tertiary/aromatic N) is 5. The fraction of sp³-hybridized carbons (Fsp3) is 0.383. The molecule has 29 heteroatoms. The Balaban J connectivity index is 0.000000231. The molecular weight excluding hydrogens is 2080 g/mol. The molecule has 8 aromatic carbocycles. The van der Waals surface area contributed by atoms with Gasteiger partial charge in [0.15, 0.2) is 5.78 Å². The molecule has 6 saturated heterocycles. The number of aromatic nitrogens is 4. The van der Waals surface area contributed by atoms with Crippen LogP contribution in [0.15, 0.2) is 176 Å². The van der Waals surface area contributed by atoms with E-state index in [9.17, 15) is 47.9 Å². The average molecular weight is 2200 g/mol. The van der Waals surface area contributed by atoms with Crippen LogP contribution in [0.25, 0.3) is 43.6 Å². The van der Waals surface area contributed by atoms with Crippen molar-refractivity contribution in [3.8, 4) is 0 Å². The number of aliphatic carboxylic acids is 1. The normalized spacial score (nSPS) is 15.2. The van der Waals surface area contributed by atoms with Gasteiger partial charge in [-0.25, -0.2) is 4.79 Å². The maximum Gasteiger partial charge on any atom is 0.377 e. The van der Waals surface area contributed by atoms with Crippen LogP contribution in [-0.4, -0.2) is 212 Å². The minimum absolute atomic E-state index is 0. The summed E-state index contributed by atoms with van der Waals surface area (Å²) in [5, 5.41) is 17.5. The van der Waals surface area contributed by atoms with Gasteiger partial charge in [0.25, 0.3) is 34.7 Å². The Hall–Kier alpha value is -7.21. The summed E-state index contributed by atoms with van der Waals surface area (Å²) in [6.45, 7) is 22.1. The fourth-order valence-electron chi connectivity index (χ4n) is 18.1. The topological polar surface area (TPSA) is 294 Å². The molecule has 6 aliphatic rings. The van der Waals surface area contributed by atoms with Gasteiger partial charge in [0.2, 0.25) is 11.6 Å². The molecule has 4 aromatic heterocycles. The molecule has 18 rings (SSSR count). The zero-order chi connectivity index (χ0) is 93.0. The quantitative estimate of drug-likeness (QED) is 0.0138. The van der Waals surface area contributed by atoms with E-state index in [0.29, 0.717) is 99.3 Å². The molecule has 12 aromatic rings. The van der Waals surface area contributed by atoms with Gasteiger partial charge < -0.3 is 60.2 Å². The molecule has 708 valence electrons. The number of halogens is 3. The Morgan fingerprint density at radius 1 is 0.368 bits per heavy atom. The SMILES string of the molecule is C.C1CCNCC1.CC(=O)C(=O)c1c[nH]c2cc(C)c(C(=O)N3CCC(Cc4cc[c-]cc4)CC3)cc12.CN1CCNCC1.Cc1cc2[nH]cc(C(=O)C(=O)Cl)c2cc1C(=O)N1CCC(Cc2cc[c-]cc2)CC1.Cc1cc2[nH]cc(C(=O)C(=O)O)c2cc1C(=O)N1CCC(Cc2cc[c-]cc2)CC1.Cc1cc2[nH]ccc2cc1C(=O)N1CCC(Cc2cc[c-]cc2)CC1.ClCCl.[Y].[Y].[Y].[Y]. The maximum absolute atomic E-state index is 13.2. The van der Waals surface area contributed by atoms with Crippen LogP contribution in [0.2, 0.25) is 0 Å². The van der Waals surface area contributed by atoms with Gasteiger partial charge in [-0.3, -0.25) is 43.2 Å². The number of rotatable bonds is 18. The van der Waals surface area contributed by atoms with Crippen LogP contribution in [0.3, 0.4) is 0 Å². The Morgan fingerprint density at radius 2 is 0.647 bits per heavy atom. The summed E-state index contributed by atoms with van der Waals surface area (Å²) in [6, 6.07) is 61.3. The second-order valence-electron chi connectivity index (χ2n) is 35.0. The van der Waals surface area contributed by atoms with Crippen LogP contribution in [0.1, 0.15) is 202 Å². The first-order chi connectivity index (χ1) is 63.3. The molecule has 7 N–H and O–H groups in total. The standard InChI is InChI=1S/C25H25N2O3.C24H22ClN2O3.C24H23N2O4.C22H23N2O.C5H12N2.C5H11N.CH2Cl2.CH4.4Y/c1-16-12-23-21(22(15-26-23)24(29)17(2)28)14-20(16)25(30)27-10-8-19(9-11-27)13-18-6-4-3-5-7-18;1-15-11-21-19(20(14-26-21)22(28)23(25)29)13-18(15)24(30)27-9-7-17(8-10-27)12-16-5-3-2-4-6-16;1-15-11-21-19(20(14-25-21)22(27)24(29)30)13-18(15)23(28)26-9-7-17(8-10-26)12-16-5-3-2-4-6-16;1-16-13-21-19(7-10-23-21)15-20(16)22(25)24-11-8-18(9-12-24)14-17-5-3-2-4-6-17;1-7-4-2-6-3-5-7;1-2-4-6-5-3-1;2-1-3;;;;;/h4-7,12,14-15,19,26H,8-11,13H2,1-2H3;3-6,11,13-14,17,26H,7-10,12H2,1H3;3-6,11,13-14,17,25H,7-10,12H2,1H3,(H,29,30);3-7,10,13,15,18,23H,8-9,11-12,14H2,1H3;6H,2-5H2,1H3;6H,1-5H2;1H2;1H4;;;;/q4*-1;;;;;;;;. The summed E-state index contributed by atoms with van der Waals surface area (Å²) in [5.74, 6) is -1.92. The van der Waals surface area contributed by atoms with Crippen molar-refractivity contribution in [3.63, 3.8) is 0 Å². The smallest absolute Gasteiger partial charge is 0.377 e. The van der Waals surface area contributed by atoms with Crippen LogP contribution in [0, 0.1) is 75.6 Å². The van der Waals surface area contributed by atoms with Gasteiger partial charge in [0, 0.05) is 307 Å². The van der Waals surface area contributed by atoms with Crippen molar-refractivity contribution in [2.24, 2.45) is 23.7 Å². The van der Waals surface area contributed by atoms with Crippen LogP contribution in [0.5, 0.6) is 0 Å². The molecule has 0 bridgehead atoms. The first-order valence-corrected chi connectivity index (χ1v) is 47.0. The largest absolute Gasteiger partial charge is 0.475 e. The van der Waals surface area contributed by atoms with Crippen molar-refractivity contribution >= 4 is 136 Å². The number of Topliss-reactive ketones (excluding diaryl/α,β-unsaturated/α-hetero) is 4. The second kappa shape index (κ2) is 58.3. The summed E-state index contributed by atoms with van der Waals surface area (Å²) >= 11 is 14.9. The summed E-state index contributed by atoms with van der Waals surface area (Å²) < 4.78 is 0. The van der Waals surface area contributed by atoms with Gasteiger partial charge in [-0.1, -0.05) is 13.8 Å². The second-order valence-corrected chi connectivity index (χ2v) is 36.1. The van der Waals surface area contributed by atoms with Gasteiger partial charge in [0.05, 0.1) is 22.0 Å². The molecule has 4 radical (unpaired) electrons. The van der Waals surface area contributed by atoms with Crippen LogP contribution in [-0.2, 0) is 171 Å². The predicted molar refractivity (Wildman–Crippen MR) is 525 cm³/mol. The van der Waals surface area contributed by atoms with Crippen LogP contribution in [0.4, 0.5) is 0 Å². The number of hydrogen-bond donors (Lipinski definition) is 7. The maximum atomic E-state index is 13.2. The molecule has 6 aliphatic heterocycles. The van der Waals surface area contributed by atoms with Gasteiger partial charge in [0.1, 0.15) is 0 Å². The molecule has 136 heavy (non-hydrogen) atoms. The number of aromatic amines is 4. The van der Waals surface area contributed by atoms with Crippen molar-refractivity contribution in [1.82, 2.24) is 55.1 Å². The van der Waals surface area contributed by atoms with E-state index in [4.69, 9.17) is 39.9 Å². The number of carboxylic acids is 1. The fourth-order valence-corrected chi connectivity index (χ4v) is 18.2. The number of benzene rings is 8. The third kappa shape index (κ3) is 32.7. The van der Waals surface area contributed by atoms with Crippen molar-refractivity contribution in [1.29, 1.82) is 0 Å². The summed E-state index contributed by atoms with van der Waals surface area (Å²) in [7, 11) is 2.15. The number of carboxylic acid groups (broad SMARTS) is 1. The van der Waals surface area contributed by atoms with E-state index in [-0.39, 0.29) is 178 Å². The van der Waals surface area contributed by atoms with Crippen LogP contribution >= 0.6 is 34.8 Å². The summed E-state index contributed by atoms with van der Waals surface area (Å²) in [6.07, 6.45) is 22.6. The van der Waals surface area contributed by atoms with E-state index in [0.717, 1.165) is 161 Å². The predicted octanol–water partition coefficient (Wildman–Crippen LogP) is 18.8. The van der Waals surface area contributed by atoms with E-state index in [1.165, 1.54) is 87.0 Å². The first kappa shape index (κ1) is 116. The number of likely N-dealkylation sites (tertiary alicyclic amines) is 4. The Labute approximate surface area is 915 Å². The van der Waals surface area contributed by atoms with Gasteiger partial charge in [-0.15, -0.1) is 23.2 Å². The molecule has 0 atom stereocenters. The number of likely N-dealkylation sites (N-methyl/N-ethyl adjacent to an activating group) is 1. The number of amides is 4. The number of carbonyl (C=O) groups excluding carboxylic acids is 9. The third-order valence-corrected chi connectivity index (χ3v) is 25.9. The number of aryl methyl sites for hydroxylation is 4. The van der Waals surface area contributed by atoms with Gasteiger partial charge >= 0.3 is 5.97 Å². The van der Waals surface area contributed by atoms with Gasteiger partial charge in [-0.05, 0) is 250 Å². The van der Waals surface area contributed by atoms with E-state index in [1.807, 2.05) is 126 Å². The third-order valence-electron chi connectivity index (χ3n) is 25.7. The minimum atomic E-state index is -1.51. The summed E-state index contributed by atoms with van der Waals surface area (Å²) in [4.78, 5) is 145. The molecule has 0 saturated carbocycles. The number of ketones is 4. The number of piperidine rings is 5. The Kier molecular flexibility index (Phi) is 49.6. The number of alkyl halides is 2. The van der Waals surface area contributed by atoms with Crippen molar-refractivity contribution in [3.05, 3.63) is 284 Å². The van der Waals surface area contributed by atoms with E-state index in [1.54, 1.807) is 30.5 Å². The molecule has 0 spiro atoms. The number of H-pyrrole nitrogens is 4. The van der Waals surface area contributed by atoms with E-state index in [2.05, 4.69) is 121 Å². The Morgan fingerprint density at radius 3 is 0.904 bits per heavy atom. The van der Waals surface area contributed by atoms with Crippen molar-refractivity contribution in [2.45, 2.75) is 138 Å². The van der Waals surface area contributed by atoms with Crippen LogP contribution < -0.4 is 10.6 Å². The average Bonchev–Trinajstić information content (AvgIpc) is 1.63. The summed E-state index contributed by atoms with van der Waals surface area (Å²) in [5.41, 5.74) is 15.1. The zero-order valence-corrected chi connectivity index (χ0v) is 91.6. The van der Waals surface area contributed by atoms with E-state index >= 15 is 0 Å². The number of nitrogens with one attached hydrogen (secondary N) is 6. The molecule has 10 heterocycles. The van der Waals surface area contributed by atoms with Gasteiger partial charge in [-0.2, -0.15) is 144 Å². The first-order valence-electron chi connectivity index (χ1n) is 45.5. The van der Waals surface area contributed by atoms with Crippen molar-refractivity contribution < 1.29 is 184 Å². The Bertz CT molecular complexity index is 5480. The van der Waals surface area contributed by atoms with E-state index < -0.39 is 34.3 Å². The minimum Gasteiger partial charge on any atom is -0.475 e. The molecular formula is C107H122Cl3N11O11Y4-4. The molecule has 0 unspecified atom stereocenters. The molecule has 4 amide bonds. The molecule has 22 nitrogen and oxygen atoms in total. The number of fused-ring (bicyclic) bond motifs is 4. The monoisotopic (exact) mass is 2200 g/mol. The number of hydrogen-bond acceptors (Lipinski definition) is 13. The van der Waals surface area contributed by atoms with Crippen molar-refractivity contribution in [2.75, 3.05) is 104 Å². The zero-order valence-electron chi connectivity index (χ0n) is 78.0. The number of piperazine rings is 1. The molecule has 6 fully saturated rings. The number of carbonyl (C=O) groups is 10.